The highest BCUT2D eigenvalue weighted by Gasteiger charge is 2.51. The molecule has 4 rings (SSSR count). The minimum atomic E-state index is 0.0310. The summed E-state index contributed by atoms with van der Waals surface area (Å²) in [6.45, 7) is 5.06. The largest absolute Gasteiger partial charge is 0.378 e. The molecule has 0 N–H and O–H groups in total. The number of hydrogen-bond donors (Lipinski definition) is 0. The number of nitrogens with zero attached hydrogens (tertiary/aromatic N) is 2. The molecule has 4 nitrogen and oxygen atoms in total. The van der Waals surface area contributed by atoms with Crippen molar-refractivity contribution in [2.45, 2.75) is 69.7 Å². The molecule has 3 aliphatic rings. The van der Waals surface area contributed by atoms with Gasteiger partial charge in [-0.3, -0.25) is 9.88 Å². The Hall–Kier alpha value is -0.970. The molecule has 0 amide bonds. The fourth-order valence-electron chi connectivity index (χ4n) is 4.55. The molecule has 0 radical (unpaired) electrons. The number of likely N-dealkylation sites (tertiary alicyclic amines) is 1. The van der Waals surface area contributed by atoms with E-state index in [-0.39, 0.29) is 5.60 Å². The van der Waals surface area contributed by atoms with Gasteiger partial charge in [0.25, 0.3) is 0 Å². The second-order valence-corrected chi connectivity index (χ2v) is 7.95. The van der Waals surface area contributed by atoms with Crippen molar-refractivity contribution in [2.75, 3.05) is 20.3 Å². The van der Waals surface area contributed by atoms with E-state index in [1.807, 2.05) is 7.11 Å². The summed E-state index contributed by atoms with van der Waals surface area (Å²) >= 11 is 0. The zero-order chi connectivity index (χ0) is 16.6. The molecule has 1 saturated heterocycles. The van der Waals surface area contributed by atoms with Crippen LogP contribution < -0.4 is 0 Å². The maximum absolute atomic E-state index is 6.22. The first-order valence-corrected chi connectivity index (χ1v) is 9.52. The van der Waals surface area contributed by atoms with Crippen molar-refractivity contribution >= 4 is 0 Å². The van der Waals surface area contributed by atoms with Gasteiger partial charge in [-0.2, -0.15) is 0 Å². The number of fused-ring (bicyclic) bond motifs is 1. The molecule has 24 heavy (non-hydrogen) atoms. The number of ether oxygens (including phenoxy) is 2. The minimum absolute atomic E-state index is 0.0310. The Bertz CT molecular complexity index is 575. The third kappa shape index (κ3) is 3.37. The summed E-state index contributed by atoms with van der Waals surface area (Å²) < 4.78 is 12.3. The molecule has 4 heteroatoms. The minimum Gasteiger partial charge on any atom is -0.378 e. The molecule has 1 aromatic rings. The van der Waals surface area contributed by atoms with Crippen LogP contribution in [-0.2, 0) is 16.0 Å². The van der Waals surface area contributed by atoms with Crippen LogP contribution in [0.4, 0.5) is 0 Å². The number of methoxy groups -OCH3 is 1. The number of pyridine rings is 1. The molecule has 1 aromatic heterocycles. The predicted octanol–water partition coefficient (Wildman–Crippen LogP) is 3.33. The van der Waals surface area contributed by atoms with Crippen molar-refractivity contribution < 1.29 is 9.47 Å². The van der Waals surface area contributed by atoms with E-state index in [0.29, 0.717) is 12.1 Å². The van der Waals surface area contributed by atoms with Crippen LogP contribution in [-0.4, -0.2) is 47.9 Å². The Balaban J connectivity index is 1.44. The van der Waals surface area contributed by atoms with Gasteiger partial charge >= 0.3 is 0 Å². The van der Waals surface area contributed by atoms with Crippen LogP contribution in [0.3, 0.4) is 0 Å². The summed E-state index contributed by atoms with van der Waals surface area (Å²) in [4.78, 5) is 7.28. The highest BCUT2D eigenvalue weighted by Crippen LogP contribution is 2.44. The Kier molecular flexibility index (Phi) is 4.63. The normalized spacial score (nSPS) is 33.6. The first-order chi connectivity index (χ1) is 11.7. The maximum atomic E-state index is 6.22. The van der Waals surface area contributed by atoms with Crippen LogP contribution in [0, 0.1) is 12.8 Å². The molecule has 0 unspecified atom stereocenters. The van der Waals surface area contributed by atoms with Crippen molar-refractivity contribution in [3.63, 3.8) is 0 Å². The van der Waals surface area contributed by atoms with Gasteiger partial charge in [0.1, 0.15) is 0 Å². The number of aromatic nitrogens is 1. The van der Waals surface area contributed by atoms with Crippen LogP contribution in [0.1, 0.15) is 49.9 Å². The molecule has 3 fully saturated rings. The lowest BCUT2D eigenvalue weighted by Gasteiger charge is -2.43. The summed E-state index contributed by atoms with van der Waals surface area (Å²) in [7, 11) is 1.90. The van der Waals surface area contributed by atoms with E-state index in [1.54, 1.807) is 0 Å². The van der Waals surface area contributed by atoms with Crippen molar-refractivity contribution in [1.82, 2.24) is 9.88 Å². The van der Waals surface area contributed by atoms with E-state index >= 15 is 0 Å². The van der Waals surface area contributed by atoms with E-state index < -0.39 is 0 Å². The number of hydrogen-bond acceptors (Lipinski definition) is 4. The van der Waals surface area contributed by atoms with E-state index in [9.17, 15) is 0 Å². The molecule has 0 bridgehead atoms. The summed E-state index contributed by atoms with van der Waals surface area (Å²) in [6, 6.07) is 6.78. The highest BCUT2D eigenvalue weighted by molar-refractivity contribution is 5.12. The first-order valence-electron chi connectivity index (χ1n) is 9.52. The SMILES string of the molecule is CO[C@@]12CC[C@@H](OCC3CC3)C[C@@H]1N(Cc1cccc(C)n1)CC2. The lowest BCUT2D eigenvalue weighted by molar-refractivity contribution is -0.103. The second kappa shape index (κ2) is 6.74. The standard InChI is InChI=1S/C20H30N2O2/c1-15-4-3-5-17(21-15)13-22-11-10-20(23-2)9-8-18(12-19(20)22)24-14-16-6-7-16/h3-5,16,18-19H,6-14H2,1-2H3/t18-,19+,20-/m1/s1. The monoisotopic (exact) mass is 330 g/mol. The van der Waals surface area contributed by atoms with Gasteiger partial charge in [0, 0.05) is 38.5 Å². The van der Waals surface area contributed by atoms with E-state index in [4.69, 9.17) is 14.5 Å². The molecule has 3 atom stereocenters. The number of aryl methyl sites for hydroxylation is 1. The molecular formula is C20H30N2O2. The maximum Gasteiger partial charge on any atom is 0.0847 e. The highest BCUT2D eigenvalue weighted by atomic mass is 16.5. The average Bonchev–Trinajstić information content (AvgIpc) is 3.36. The van der Waals surface area contributed by atoms with E-state index in [0.717, 1.165) is 57.0 Å². The van der Waals surface area contributed by atoms with Crippen LogP contribution in [0.15, 0.2) is 18.2 Å². The Morgan fingerprint density at radius 2 is 2.12 bits per heavy atom. The van der Waals surface area contributed by atoms with Crippen LogP contribution >= 0.6 is 0 Å². The average molecular weight is 330 g/mol. The summed E-state index contributed by atoms with van der Waals surface area (Å²) in [5.41, 5.74) is 2.30. The van der Waals surface area contributed by atoms with Crippen molar-refractivity contribution in [2.24, 2.45) is 5.92 Å². The van der Waals surface area contributed by atoms with E-state index in [1.165, 1.54) is 18.5 Å². The van der Waals surface area contributed by atoms with Crippen molar-refractivity contribution in [3.05, 3.63) is 29.6 Å². The van der Waals surface area contributed by atoms with Crippen LogP contribution in [0.2, 0.25) is 0 Å². The molecular weight excluding hydrogens is 300 g/mol. The Morgan fingerprint density at radius 1 is 1.25 bits per heavy atom. The topological polar surface area (TPSA) is 34.6 Å². The smallest absolute Gasteiger partial charge is 0.0847 e. The lowest BCUT2D eigenvalue weighted by Crippen LogP contribution is -2.51. The molecule has 1 aliphatic heterocycles. The zero-order valence-electron chi connectivity index (χ0n) is 15.0. The second-order valence-electron chi connectivity index (χ2n) is 7.95. The van der Waals surface area contributed by atoms with Crippen LogP contribution in [0.5, 0.6) is 0 Å². The summed E-state index contributed by atoms with van der Waals surface area (Å²) in [5.74, 6) is 0.843. The number of rotatable bonds is 6. The van der Waals surface area contributed by atoms with Gasteiger partial charge in [0.15, 0.2) is 0 Å². The molecule has 0 spiro atoms. The van der Waals surface area contributed by atoms with Gasteiger partial charge < -0.3 is 9.47 Å². The predicted molar refractivity (Wildman–Crippen MR) is 93.8 cm³/mol. The van der Waals surface area contributed by atoms with Gasteiger partial charge in [-0.1, -0.05) is 6.07 Å². The lowest BCUT2D eigenvalue weighted by atomic mass is 9.79. The Labute approximate surface area is 145 Å². The molecule has 2 saturated carbocycles. The fraction of sp³-hybridized carbons (Fsp3) is 0.750. The van der Waals surface area contributed by atoms with Gasteiger partial charge in [0.05, 0.1) is 17.4 Å². The van der Waals surface area contributed by atoms with Crippen molar-refractivity contribution in [3.8, 4) is 0 Å². The summed E-state index contributed by atoms with van der Waals surface area (Å²) in [5, 5.41) is 0. The molecule has 2 heterocycles. The van der Waals surface area contributed by atoms with Gasteiger partial charge in [0.2, 0.25) is 0 Å². The first kappa shape index (κ1) is 16.5. The third-order valence-corrected chi connectivity index (χ3v) is 6.23. The van der Waals surface area contributed by atoms with Gasteiger partial charge in [-0.15, -0.1) is 0 Å². The Morgan fingerprint density at radius 3 is 2.88 bits per heavy atom. The zero-order valence-corrected chi connectivity index (χ0v) is 15.0. The van der Waals surface area contributed by atoms with Gasteiger partial charge in [-0.25, -0.2) is 0 Å². The molecule has 0 aromatic carbocycles. The third-order valence-electron chi connectivity index (χ3n) is 6.23. The van der Waals surface area contributed by atoms with Crippen LogP contribution in [0.25, 0.3) is 0 Å². The molecule has 2 aliphatic carbocycles. The molecule has 132 valence electrons. The van der Waals surface area contributed by atoms with E-state index in [2.05, 4.69) is 30.0 Å². The fourth-order valence-corrected chi connectivity index (χ4v) is 4.55. The van der Waals surface area contributed by atoms with Crippen molar-refractivity contribution in [1.29, 1.82) is 0 Å². The quantitative estimate of drug-likeness (QED) is 0.801. The summed E-state index contributed by atoms with van der Waals surface area (Å²) in [6.07, 6.45) is 7.65. The van der Waals surface area contributed by atoms with Gasteiger partial charge in [-0.05, 0) is 63.5 Å².